The van der Waals surface area contributed by atoms with E-state index in [4.69, 9.17) is 22.1 Å². The van der Waals surface area contributed by atoms with Crippen LogP contribution in [0.2, 0.25) is 5.02 Å². The first-order valence-electron chi connectivity index (χ1n) is 6.32. The summed E-state index contributed by atoms with van der Waals surface area (Å²) < 4.78 is 18.9. The lowest BCUT2D eigenvalue weighted by atomic mass is 10.1. The Balaban J connectivity index is 2.28. The van der Waals surface area contributed by atoms with Crippen LogP contribution in [0.4, 0.5) is 10.1 Å². The normalized spacial score (nSPS) is 10.2. The number of hydrogen-bond donors (Lipinski definition) is 2. The second kappa shape index (κ2) is 6.45. The Kier molecular flexibility index (Phi) is 4.65. The van der Waals surface area contributed by atoms with Gasteiger partial charge < -0.3 is 15.8 Å². The van der Waals surface area contributed by atoms with Gasteiger partial charge in [-0.2, -0.15) is 0 Å². The largest absolute Gasteiger partial charge is 0.455 e. The highest BCUT2D eigenvalue weighted by Gasteiger charge is 2.10. The summed E-state index contributed by atoms with van der Waals surface area (Å²) in [7, 11) is 0. The van der Waals surface area contributed by atoms with Gasteiger partial charge in [0.1, 0.15) is 11.6 Å². The summed E-state index contributed by atoms with van der Waals surface area (Å²) in [6.07, 6.45) is 0. The van der Waals surface area contributed by atoms with E-state index >= 15 is 0 Å². The molecule has 0 unspecified atom stereocenters. The highest BCUT2D eigenvalue weighted by Crippen LogP contribution is 2.30. The number of nitrogens with one attached hydrogen (secondary N) is 1. The molecule has 4 nitrogen and oxygen atoms in total. The van der Waals surface area contributed by atoms with Gasteiger partial charge in [-0.25, -0.2) is 4.39 Å². The topological polar surface area (TPSA) is 64.4 Å². The van der Waals surface area contributed by atoms with Crippen molar-refractivity contribution < 1.29 is 13.9 Å². The lowest BCUT2D eigenvalue weighted by molar-refractivity contribution is 0.0955. The van der Waals surface area contributed by atoms with Crippen LogP contribution in [-0.4, -0.2) is 12.5 Å². The van der Waals surface area contributed by atoms with Crippen molar-refractivity contribution in [3.8, 4) is 11.5 Å². The lowest BCUT2D eigenvalue weighted by Crippen LogP contribution is -2.22. The molecule has 2 aromatic rings. The number of benzene rings is 2. The number of ether oxygens (including phenoxy) is 1. The second-order valence-electron chi connectivity index (χ2n) is 4.29. The number of anilines is 1. The predicted octanol–water partition coefficient (Wildman–Crippen LogP) is 3.60. The monoisotopic (exact) mass is 308 g/mol. The van der Waals surface area contributed by atoms with Crippen molar-refractivity contribution in [3.05, 3.63) is 52.8 Å². The van der Waals surface area contributed by atoms with Gasteiger partial charge in [0.15, 0.2) is 5.75 Å². The maximum Gasteiger partial charge on any atom is 0.251 e. The molecule has 0 bridgehead atoms. The van der Waals surface area contributed by atoms with Gasteiger partial charge in [0.25, 0.3) is 5.91 Å². The van der Waals surface area contributed by atoms with Gasteiger partial charge in [-0.05, 0) is 37.3 Å². The molecule has 0 spiro atoms. The molecule has 2 aromatic carbocycles. The quantitative estimate of drug-likeness (QED) is 0.848. The fraction of sp³-hybridized carbons (Fsp3) is 0.133. The summed E-state index contributed by atoms with van der Waals surface area (Å²) in [6.45, 7) is 2.34. The van der Waals surface area contributed by atoms with E-state index in [2.05, 4.69) is 5.32 Å². The number of rotatable bonds is 4. The summed E-state index contributed by atoms with van der Waals surface area (Å²) in [5, 5.41) is 2.68. The standard InChI is InChI=1S/C15H14ClFN2O2/c1-2-19-15(20)9-3-6-13(18)14(7-9)21-10-4-5-11(16)12(17)8-10/h3-8H,2,18H2,1H3,(H,19,20). The van der Waals surface area contributed by atoms with Crippen molar-refractivity contribution in [2.45, 2.75) is 6.92 Å². The van der Waals surface area contributed by atoms with E-state index in [1.807, 2.05) is 6.92 Å². The highest BCUT2D eigenvalue weighted by atomic mass is 35.5. The minimum Gasteiger partial charge on any atom is -0.455 e. The first-order valence-corrected chi connectivity index (χ1v) is 6.69. The smallest absolute Gasteiger partial charge is 0.251 e. The fourth-order valence-corrected chi connectivity index (χ4v) is 1.81. The molecule has 0 radical (unpaired) electrons. The fourth-order valence-electron chi connectivity index (χ4n) is 1.69. The Labute approximate surface area is 126 Å². The zero-order valence-corrected chi connectivity index (χ0v) is 12.1. The van der Waals surface area contributed by atoms with Crippen LogP contribution >= 0.6 is 11.6 Å². The van der Waals surface area contributed by atoms with Gasteiger partial charge in [0.05, 0.1) is 10.7 Å². The van der Waals surface area contributed by atoms with Crippen molar-refractivity contribution in [3.63, 3.8) is 0 Å². The third-order valence-electron chi connectivity index (χ3n) is 2.73. The van der Waals surface area contributed by atoms with Crippen LogP contribution in [-0.2, 0) is 0 Å². The summed E-state index contributed by atoms with van der Waals surface area (Å²) in [5.74, 6) is -0.297. The molecule has 110 valence electrons. The molecule has 21 heavy (non-hydrogen) atoms. The highest BCUT2D eigenvalue weighted by molar-refractivity contribution is 6.30. The molecule has 0 saturated heterocycles. The maximum atomic E-state index is 13.4. The zero-order valence-electron chi connectivity index (χ0n) is 11.3. The lowest BCUT2D eigenvalue weighted by Gasteiger charge is -2.11. The molecule has 2 rings (SSSR count). The maximum absolute atomic E-state index is 13.4. The zero-order chi connectivity index (χ0) is 15.4. The third kappa shape index (κ3) is 3.64. The molecule has 0 aliphatic carbocycles. The van der Waals surface area contributed by atoms with E-state index in [9.17, 15) is 9.18 Å². The van der Waals surface area contributed by atoms with Crippen molar-refractivity contribution >= 4 is 23.2 Å². The molecule has 3 N–H and O–H groups in total. The van der Waals surface area contributed by atoms with Gasteiger partial charge in [0, 0.05) is 18.2 Å². The predicted molar refractivity (Wildman–Crippen MR) is 80.3 cm³/mol. The van der Waals surface area contributed by atoms with Crippen LogP contribution in [0.1, 0.15) is 17.3 Å². The van der Waals surface area contributed by atoms with Crippen LogP contribution in [0, 0.1) is 5.82 Å². The van der Waals surface area contributed by atoms with E-state index in [1.54, 1.807) is 12.1 Å². The number of carbonyl (C=O) groups excluding carboxylic acids is 1. The van der Waals surface area contributed by atoms with E-state index in [1.165, 1.54) is 18.2 Å². The van der Waals surface area contributed by atoms with E-state index < -0.39 is 5.82 Å². The Morgan fingerprint density at radius 1 is 1.33 bits per heavy atom. The molecule has 6 heteroatoms. The van der Waals surface area contributed by atoms with Crippen LogP contribution < -0.4 is 15.8 Å². The van der Waals surface area contributed by atoms with Gasteiger partial charge in [-0.1, -0.05) is 11.6 Å². The Morgan fingerprint density at radius 2 is 2.10 bits per heavy atom. The second-order valence-corrected chi connectivity index (χ2v) is 4.70. The number of amides is 1. The molecule has 0 aliphatic rings. The van der Waals surface area contributed by atoms with E-state index in [-0.39, 0.29) is 22.4 Å². The molecule has 0 atom stereocenters. The first kappa shape index (κ1) is 15.1. The molecule has 1 amide bonds. The molecule has 0 aliphatic heterocycles. The average Bonchev–Trinajstić information content (AvgIpc) is 2.45. The van der Waals surface area contributed by atoms with Gasteiger partial charge in [-0.15, -0.1) is 0 Å². The van der Waals surface area contributed by atoms with Crippen LogP contribution in [0.25, 0.3) is 0 Å². The number of nitrogen functional groups attached to an aromatic ring is 1. The minimum atomic E-state index is -0.590. The van der Waals surface area contributed by atoms with Gasteiger partial charge in [-0.3, -0.25) is 4.79 Å². The van der Waals surface area contributed by atoms with Crippen LogP contribution in [0.15, 0.2) is 36.4 Å². The molecular formula is C15H14ClFN2O2. The minimum absolute atomic E-state index is 0.00592. The Hall–Kier alpha value is -2.27. The molecule has 0 aromatic heterocycles. The van der Waals surface area contributed by atoms with Crippen LogP contribution in [0.3, 0.4) is 0 Å². The van der Waals surface area contributed by atoms with E-state index in [0.717, 1.165) is 6.07 Å². The number of halogens is 2. The number of carbonyl (C=O) groups is 1. The number of hydrogen-bond acceptors (Lipinski definition) is 3. The van der Waals surface area contributed by atoms with Crippen molar-refractivity contribution in [1.29, 1.82) is 0 Å². The molecule has 0 saturated carbocycles. The van der Waals surface area contributed by atoms with Crippen molar-refractivity contribution in [2.24, 2.45) is 0 Å². The summed E-state index contributed by atoms with van der Waals surface area (Å²) in [6, 6.07) is 8.72. The summed E-state index contributed by atoms with van der Waals surface area (Å²) in [5.41, 5.74) is 6.56. The van der Waals surface area contributed by atoms with Gasteiger partial charge >= 0.3 is 0 Å². The van der Waals surface area contributed by atoms with Crippen molar-refractivity contribution in [1.82, 2.24) is 5.32 Å². The summed E-state index contributed by atoms with van der Waals surface area (Å²) >= 11 is 5.61. The summed E-state index contributed by atoms with van der Waals surface area (Å²) in [4.78, 5) is 11.8. The average molecular weight is 309 g/mol. The molecule has 0 heterocycles. The number of nitrogens with two attached hydrogens (primary N) is 1. The Morgan fingerprint density at radius 3 is 2.76 bits per heavy atom. The van der Waals surface area contributed by atoms with E-state index in [0.29, 0.717) is 17.8 Å². The van der Waals surface area contributed by atoms with Gasteiger partial charge in [0.2, 0.25) is 0 Å². The van der Waals surface area contributed by atoms with Crippen molar-refractivity contribution in [2.75, 3.05) is 12.3 Å². The molecule has 0 fully saturated rings. The third-order valence-corrected chi connectivity index (χ3v) is 3.04. The molecular weight excluding hydrogens is 295 g/mol. The Bertz CT molecular complexity index is 677. The van der Waals surface area contributed by atoms with Crippen LogP contribution in [0.5, 0.6) is 11.5 Å². The first-order chi connectivity index (χ1) is 10.0. The SMILES string of the molecule is CCNC(=O)c1ccc(N)c(Oc2ccc(Cl)c(F)c2)c1.